The summed E-state index contributed by atoms with van der Waals surface area (Å²) in [7, 11) is 0. The number of para-hydroxylation sites is 1. The lowest BCUT2D eigenvalue weighted by Crippen LogP contribution is -2.29. The van der Waals surface area contributed by atoms with Crippen molar-refractivity contribution < 1.29 is 9.59 Å². The third kappa shape index (κ3) is 4.97. The number of rotatable bonds is 7. The predicted molar refractivity (Wildman–Crippen MR) is 109 cm³/mol. The van der Waals surface area contributed by atoms with Gasteiger partial charge in [0.15, 0.2) is 0 Å². The van der Waals surface area contributed by atoms with Crippen molar-refractivity contribution in [2.45, 2.75) is 44.9 Å². The van der Waals surface area contributed by atoms with Gasteiger partial charge in [-0.05, 0) is 30.5 Å². The molecule has 3 rings (SSSR count). The molecule has 2 aromatic rings. The second-order valence-electron chi connectivity index (χ2n) is 7.20. The van der Waals surface area contributed by atoms with Crippen LogP contribution in [0, 0.1) is 0 Å². The molecular formula is C23H28N2O2. The standard InChI is InChI=1S/C23H28N2O2/c1-2-3-5-14-22(26)24-21-13-9-8-12-20(21)23(27)25-16-15-19(17-25)18-10-6-4-7-11-18/h4,6-13,19H,2-3,5,14-17H2,1H3,(H,24,26). The molecule has 1 aliphatic heterocycles. The van der Waals surface area contributed by atoms with Crippen LogP contribution >= 0.6 is 0 Å². The molecule has 0 spiro atoms. The SMILES string of the molecule is CCCCCC(=O)Nc1ccccc1C(=O)N1CCC(c2ccccc2)C1. The molecule has 0 aromatic heterocycles. The summed E-state index contributed by atoms with van der Waals surface area (Å²) in [4.78, 5) is 27.1. The Bertz CT molecular complexity index is 773. The van der Waals surface area contributed by atoms with Gasteiger partial charge in [0.05, 0.1) is 11.3 Å². The molecule has 4 heteroatoms. The van der Waals surface area contributed by atoms with E-state index in [1.54, 1.807) is 6.07 Å². The summed E-state index contributed by atoms with van der Waals surface area (Å²) in [6.07, 6.45) is 4.48. The van der Waals surface area contributed by atoms with Gasteiger partial charge in [-0.25, -0.2) is 0 Å². The molecule has 1 fully saturated rings. The summed E-state index contributed by atoms with van der Waals surface area (Å²) in [5.74, 6) is 0.358. The number of carbonyl (C=O) groups is 2. The van der Waals surface area contributed by atoms with Crippen LogP contribution in [0.1, 0.15) is 60.9 Å². The van der Waals surface area contributed by atoms with E-state index >= 15 is 0 Å². The molecule has 0 saturated carbocycles. The Morgan fingerprint density at radius 1 is 1.04 bits per heavy atom. The summed E-state index contributed by atoms with van der Waals surface area (Å²) in [5.41, 5.74) is 2.48. The molecule has 1 N–H and O–H groups in total. The molecule has 0 aliphatic carbocycles. The lowest BCUT2D eigenvalue weighted by Gasteiger charge is -2.19. The van der Waals surface area contributed by atoms with E-state index < -0.39 is 0 Å². The first-order valence-electron chi connectivity index (χ1n) is 9.92. The maximum Gasteiger partial charge on any atom is 0.255 e. The molecule has 1 unspecified atom stereocenters. The molecule has 0 bridgehead atoms. The van der Waals surface area contributed by atoms with Gasteiger partial charge in [-0.15, -0.1) is 0 Å². The van der Waals surface area contributed by atoms with Crippen LogP contribution < -0.4 is 5.32 Å². The number of hydrogen-bond donors (Lipinski definition) is 1. The number of likely N-dealkylation sites (tertiary alicyclic amines) is 1. The largest absolute Gasteiger partial charge is 0.338 e. The molecule has 0 radical (unpaired) electrons. The smallest absolute Gasteiger partial charge is 0.255 e. The lowest BCUT2D eigenvalue weighted by molar-refractivity contribution is -0.116. The van der Waals surface area contributed by atoms with Crippen molar-refractivity contribution >= 4 is 17.5 Å². The van der Waals surface area contributed by atoms with Gasteiger partial charge in [0, 0.05) is 25.4 Å². The van der Waals surface area contributed by atoms with E-state index in [1.165, 1.54) is 5.56 Å². The highest BCUT2D eigenvalue weighted by Crippen LogP contribution is 2.29. The summed E-state index contributed by atoms with van der Waals surface area (Å²) in [6, 6.07) is 17.7. The minimum atomic E-state index is -0.0210. The number of nitrogens with zero attached hydrogens (tertiary/aromatic N) is 1. The summed E-state index contributed by atoms with van der Waals surface area (Å²) in [6.45, 7) is 3.59. The van der Waals surface area contributed by atoms with Gasteiger partial charge in [-0.1, -0.05) is 62.2 Å². The van der Waals surface area contributed by atoms with E-state index in [-0.39, 0.29) is 11.8 Å². The summed E-state index contributed by atoms with van der Waals surface area (Å²) >= 11 is 0. The fourth-order valence-electron chi connectivity index (χ4n) is 3.64. The normalized spacial score (nSPS) is 16.3. The number of amides is 2. The topological polar surface area (TPSA) is 49.4 Å². The van der Waals surface area contributed by atoms with E-state index in [0.29, 0.717) is 23.6 Å². The monoisotopic (exact) mass is 364 g/mol. The molecule has 1 saturated heterocycles. The molecule has 142 valence electrons. The maximum absolute atomic E-state index is 13.1. The zero-order chi connectivity index (χ0) is 19.1. The van der Waals surface area contributed by atoms with Crippen molar-refractivity contribution in [3.05, 3.63) is 65.7 Å². The van der Waals surface area contributed by atoms with Gasteiger partial charge < -0.3 is 10.2 Å². The number of benzene rings is 2. The van der Waals surface area contributed by atoms with Crippen LogP contribution in [-0.4, -0.2) is 29.8 Å². The van der Waals surface area contributed by atoms with Gasteiger partial charge in [-0.3, -0.25) is 9.59 Å². The van der Waals surface area contributed by atoms with E-state index in [4.69, 9.17) is 0 Å². The Morgan fingerprint density at radius 2 is 1.78 bits per heavy atom. The van der Waals surface area contributed by atoms with Crippen molar-refractivity contribution in [2.75, 3.05) is 18.4 Å². The minimum absolute atomic E-state index is 0.00195. The van der Waals surface area contributed by atoms with Crippen LogP contribution in [0.15, 0.2) is 54.6 Å². The Labute approximate surface area is 161 Å². The predicted octanol–water partition coefficient (Wildman–Crippen LogP) is 4.84. The lowest BCUT2D eigenvalue weighted by atomic mass is 9.99. The number of hydrogen-bond acceptors (Lipinski definition) is 2. The summed E-state index contributed by atoms with van der Waals surface area (Å²) < 4.78 is 0. The Kier molecular flexibility index (Phi) is 6.64. The van der Waals surface area contributed by atoms with Gasteiger partial charge in [0.1, 0.15) is 0 Å². The van der Waals surface area contributed by atoms with Crippen LogP contribution in [-0.2, 0) is 4.79 Å². The average Bonchev–Trinajstić information content (AvgIpc) is 3.19. The fourth-order valence-corrected chi connectivity index (χ4v) is 3.64. The van der Waals surface area contributed by atoms with Crippen molar-refractivity contribution in [1.82, 2.24) is 4.90 Å². The van der Waals surface area contributed by atoms with Crippen LogP contribution in [0.5, 0.6) is 0 Å². The number of unbranched alkanes of at least 4 members (excludes halogenated alkanes) is 2. The van der Waals surface area contributed by atoms with Gasteiger partial charge in [0.25, 0.3) is 5.91 Å². The quantitative estimate of drug-likeness (QED) is 0.715. The van der Waals surface area contributed by atoms with Crippen LogP contribution in [0.25, 0.3) is 0 Å². The molecule has 1 heterocycles. The zero-order valence-corrected chi connectivity index (χ0v) is 16.0. The molecule has 4 nitrogen and oxygen atoms in total. The highest BCUT2D eigenvalue weighted by molar-refractivity contribution is 6.03. The second-order valence-corrected chi connectivity index (χ2v) is 7.20. The maximum atomic E-state index is 13.1. The Morgan fingerprint density at radius 3 is 2.56 bits per heavy atom. The average molecular weight is 364 g/mol. The first kappa shape index (κ1) is 19.2. The van der Waals surface area contributed by atoms with E-state index in [2.05, 4.69) is 24.4 Å². The van der Waals surface area contributed by atoms with Crippen molar-refractivity contribution in [3.63, 3.8) is 0 Å². The highest BCUT2D eigenvalue weighted by Gasteiger charge is 2.29. The van der Waals surface area contributed by atoms with Gasteiger partial charge >= 0.3 is 0 Å². The minimum Gasteiger partial charge on any atom is -0.338 e. The van der Waals surface area contributed by atoms with E-state index in [0.717, 1.165) is 38.8 Å². The number of nitrogens with one attached hydrogen (secondary N) is 1. The Balaban J connectivity index is 1.66. The first-order chi connectivity index (χ1) is 13.2. The van der Waals surface area contributed by atoms with Gasteiger partial charge in [0.2, 0.25) is 5.91 Å². The van der Waals surface area contributed by atoms with Crippen molar-refractivity contribution in [2.24, 2.45) is 0 Å². The highest BCUT2D eigenvalue weighted by atomic mass is 16.2. The van der Waals surface area contributed by atoms with E-state index in [9.17, 15) is 9.59 Å². The van der Waals surface area contributed by atoms with E-state index in [1.807, 2.05) is 41.3 Å². The number of anilines is 1. The molecule has 2 aromatic carbocycles. The van der Waals surface area contributed by atoms with Crippen LogP contribution in [0.4, 0.5) is 5.69 Å². The molecule has 2 amide bonds. The first-order valence-corrected chi connectivity index (χ1v) is 9.92. The third-order valence-corrected chi connectivity index (χ3v) is 5.19. The van der Waals surface area contributed by atoms with Gasteiger partial charge in [-0.2, -0.15) is 0 Å². The van der Waals surface area contributed by atoms with Crippen LogP contribution in [0.3, 0.4) is 0 Å². The van der Waals surface area contributed by atoms with Crippen molar-refractivity contribution in [1.29, 1.82) is 0 Å². The molecular weight excluding hydrogens is 336 g/mol. The Hall–Kier alpha value is -2.62. The molecule has 1 aliphatic rings. The summed E-state index contributed by atoms with van der Waals surface area (Å²) in [5, 5.41) is 2.93. The molecule has 27 heavy (non-hydrogen) atoms. The third-order valence-electron chi connectivity index (χ3n) is 5.19. The zero-order valence-electron chi connectivity index (χ0n) is 16.0. The molecule has 1 atom stereocenters. The second kappa shape index (κ2) is 9.36. The fraction of sp³-hybridized carbons (Fsp3) is 0.391. The van der Waals surface area contributed by atoms with Crippen LogP contribution in [0.2, 0.25) is 0 Å². The number of carbonyl (C=O) groups excluding carboxylic acids is 2. The van der Waals surface area contributed by atoms with Crippen molar-refractivity contribution in [3.8, 4) is 0 Å².